The molecule has 2 atom stereocenters. The van der Waals surface area contributed by atoms with Gasteiger partial charge in [-0.1, -0.05) is 12.1 Å². The Morgan fingerprint density at radius 1 is 1.30 bits per heavy atom. The standard InChI is InChI=1S/C20H21FN4O4.ClH/c1-24-10-9-22-20(24)19(14-3-2-4-15(21)11-14)23-12-17(26)13-29-18-7-5-16(6-8-18)25(27)28;/h2-11,17,19,23,26H,12-13H2,1H3;1H. The highest BCUT2D eigenvalue weighted by Gasteiger charge is 2.20. The summed E-state index contributed by atoms with van der Waals surface area (Å²) in [4.78, 5) is 14.5. The van der Waals surface area contributed by atoms with Gasteiger partial charge in [0, 0.05) is 38.1 Å². The van der Waals surface area contributed by atoms with Crippen LogP contribution in [0.4, 0.5) is 10.1 Å². The number of hydrogen-bond donors (Lipinski definition) is 2. The average Bonchev–Trinajstić information content (AvgIpc) is 3.12. The molecule has 3 rings (SSSR count). The number of imidazole rings is 1. The molecule has 160 valence electrons. The van der Waals surface area contributed by atoms with Crippen molar-refractivity contribution >= 4 is 18.1 Å². The summed E-state index contributed by atoms with van der Waals surface area (Å²) in [5, 5.41) is 24.1. The second-order valence-electron chi connectivity index (χ2n) is 6.51. The van der Waals surface area contributed by atoms with E-state index in [1.807, 2.05) is 11.6 Å². The fraction of sp³-hybridized carbons (Fsp3) is 0.250. The highest BCUT2D eigenvalue weighted by molar-refractivity contribution is 5.85. The van der Waals surface area contributed by atoms with Crippen molar-refractivity contribution in [2.75, 3.05) is 13.2 Å². The van der Waals surface area contributed by atoms with E-state index >= 15 is 0 Å². The van der Waals surface area contributed by atoms with E-state index in [2.05, 4.69) is 10.3 Å². The minimum Gasteiger partial charge on any atom is -0.491 e. The summed E-state index contributed by atoms with van der Waals surface area (Å²) >= 11 is 0. The number of ether oxygens (including phenoxy) is 1. The van der Waals surface area contributed by atoms with E-state index in [1.54, 1.807) is 24.5 Å². The van der Waals surface area contributed by atoms with Gasteiger partial charge in [0.15, 0.2) is 0 Å². The van der Waals surface area contributed by atoms with Crippen LogP contribution in [-0.2, 0) is 7.05 Å². The van der Waals surface area contributed by atoms with Crippen molar-refractivity contribution in [1.82, 2.24) is 14.9 Å². The van der Waals surface area contributed by atoms with Gasteiger partial charge in [0.1, 0.15) is 30.1 Å². The number of nitrogens with zero attached hydrogens (tertiary/aromatic N) is 3. The molecule has 0 amide bonds. The fourth-order valence-electron chi connectivity index (χ4n) is 2.87. The van der Waals surface area contributed by atoms with Gasteiger partial charge in [0.2, 0.25) is 0 Å². The number of hydrogen-bond acceptors (Lipinski definition) is 6. The lowest BCUT2D eigenvalue weighted by Gasteiger charge is -2.21. The Bertz CT molecular complexity index is 967. The Morgan fingerprint density at radius 2 is 2.03 bits per heavy atom. The predicted octanol–water partition coefficient (Wildman–Crippen LogP) is 3.01. The van der Waals surface area contributed by atoms with Crippen LogP contribution in [0.15, 0.2) is 60.9 Å². The molecule has 1 aromatic heterocycles. The SMILES string of the molecule is Cl.Cn1ccnc1C(NCC(O)COc1ccc([N+](=O)[O-])cc1)c1cccc(F)c1. The maximum absolute atomic E-state index is 13.7. The minimum atomic E-state index is -0.860. The Balaban J connectivity index is 0.00000320. The van der Waals surface area contributed by atoms with Crippen molar-refractivity contribution < 1.29 is 19.2 Å². The third kappa shape index (κ3) is 5.99. The molecule has 0 radical (unpaired) electrons. The van der Waals surface area contributed by atoms with Crippen LogP contribution >= 0.6 is 12.4 Å². The summed E-state index contributed by atoms with van der Waals surface area (Å²) in [5.41, 5.74) is 0.648. The van der Waals surface area contributed by atoms with Crippen molar-refractivity contribution in [3.05, 3.63) is 88.2 Å². The van der Waals surface area contributed by atoms with Crippen LogP contribution in [0.3, 0.4) is 0 Å². The second-order valence-corrected chi connectivity index (χ2v) is 6.51. The summed E-state index contributed by atoms with van der Waals surface area (Å²) in [6, 6.07) is 11.4. The molecule has 2 unspecified atom stereocenters. The number of aryl methyl sites for hydroxylation is 1. The first-order chi connectivity index (χ1) is 13.9. The highest BCUT2D eigenvalue weighted by Crippen LogP contribution is 2.21. The van der Waals surface area contributed by atoms with Crippen molar-refractivity contribution in [1.29, 1.82) is 0 Å². The Labute approximate surface area is 178 Å². The quantitative estimate of drug-likeness (QED) is 0.395. The van der Waals surface area contributed by atoms with E-state index in [1.165, 1.54) is 36.4 Å². The molecular formula is C20H22ClFN4O4. The van der Waals surface area contributed by atoms with Crippen LogP contribution in [0.2, 0.25) is 0 Å². The fourth-order valence-corrected chi connectivity index (χ4v) is 2.87. The zero-order chi connectivity index (χ0) is 20.8. The largest absolute Gasteiger partial charge is 0.491 e. The second kappa shape index (κ2) is 10.7. The van der Waals surface area contributed by atoms with E-state index in [0.717, 1.165) is 0 Å². The molecule has 0 spiro atoms. The van der Waals surface area contributed by atoms with E-state index in [4.69, 9.17) is 4.74 Å². The highest BCUT2D eigenvalue weighted by atomic mass is 35.5. The summed E-state index contributed by atoms with van der Waals surface area (Å²) in [5.74, 6) is 0.741. The monoisotopic (exact) mass is 436 g/mol. The van der Waals surface area contributed by atoms with E-state index < -0.39 is 17.1 Å². The summed E-state index contributed by atoms with van der Waals surface area (Å²) in [7, 11) is 1.84. The third-order valence-electron chi connectivity index (χ3n) is 4.35. The molecule has 0 saturated heterocycles. The Morgan fingerprint density at radius 3 is 2.63 bits per heavy atom. The smallest absolute Gasteiger partial charge is 0.269 e. The molecule has 2 aromatic carbocycles. The molecule has 10 heteroatoms. The van der Waals surface area contributed by atoms with Gasteiger partial charge in [-0.05, 0) is 29.8 Å². The van der Waals surface area contributed by atoms with Crippen molar-refractivity contribution in [3.63, 3.8) is 0 Å². The molecule has 0 bridgehead atoms. The predicted molar refractivity (Wildman–Crippen MR) is 111 cm³/mol. The molecule has 2 N–H and O–H groups in total. The van der Waals surface area contributed by atoms with E-state index in [9.17, 15) is 19.6 Å². The number of rotatable bonds is 9. The van der Waals surface area contributed by atoms with Crippen LogP contribution in [0.5, 0.6) is 5.75 Å². The van der Waals surface area contributed by atoms with Gasteiger partial charge < -0.3 is 19.7 Å². The first kappa shape index (κ1) is 23.3. The number of aliphatic hydroxyl groups excluding tert-OH is 1. The maximum atomic E-state index is 13.7. The van der Waals surface area contributed by atoms with Gasteiger partial charge in [0.25, 0.3) is 5.69 Å². The normalized spacial score (nSPS) is 12.6. The van der Waals surface area contributed by atoms with Crippen molar-refractivity contribution in [3.8, 4) is 5.75 Å². The van der Waals surface area contributed by atoms with Crippen molar-refractivity contribution in [2.24, 2.45) is 7.05 Å². The van der Waals surface area contributed by atoms with Gasteiger partial charge in [-0.25, -0.2) is 9.37 Å². The topological polar surface area (TPSA) is 102 Å². The minimum absolute atomic E-state index is 0. The lowest BCUT2D eigenvalue weighted by atomic mass is 10.1. The number of halogens is 2. The molecule has 30 heavy (non-hydrogen) atoms. The van der Waals surface area contributed by atoms with E-state index in [-0.39, 0.29) is 37.1 Å². The number of nitrogens with one attached hydrogen (secondary N) is 1. The van der Waals surface area contributed by atoms with Crippen LogP contribution in [0.1, 0.15) is 17.4 Å². The van der Waals surface area contributed by atoms with Gasteiger partial charge in [-0.2, -0.15) is 0 Å². The number of aliphatic hydroxyl groups is 1. The molecule has 0 fully saturated rings. The number of nitro groups is 1. The number of benzene rings is 2. The zero-order valence-corrected chi connectivity index (χ0v) is 17.0. The summed E-state index contributed by atoms with van der Waals surface area (Å²) in [6.07, 6.45) is 2.58. The van der Waals surface area contributed by atoms with Crippen molar-refractivity contribution in [2.45, 2.75) is 12.1 Å². The molecule has 8 nitrogen and oxygen atoms in total. The van der Waals surface area contributed by atoms with Crippen LogP contribution in [0, 0.1) is 15.9 Å². The lowest BCUT2D eigenvalue weighted by Crippen LogP contribution is -2.35. The van der Waals surface area contributed by atoms with E-state index in [0.29, 0.717) is 17.1 Å². The molecule has 0 saturated carbocycles. The number of aromatic nitrogens is 2. The number of non-ortho nitro benzene ring substituents is 1. The van der Waals surface area contributed by atoms with Crippen LogP contribution in [-0.4, -0.2) is 38.8 Å². The molecule has 3 aromatic rings. The zero-order valence-electron chi connectivity index (χ0n) is 16.1. The van der Waals surface area contributed by atoms with Crippen LogP contribution < -0.4 is 10.1 Å². The average molecular weight is 437 g/mol. The molecule has 0 aliphatic rings. The van der Waals surface area contributed by atoms with Gasteiger partial charge in [-0.15, -0.1) is 12.4 Å². The van der Waals surface area contributed by atoms with Gasteiger partial charge in [-0.3, -0.25) is 10.1 Å². The van der Waals surface area contributed by atoms with Gasteiger partial charge >= 0.3 is 0 Å². The maximum Gasteiger partial charge on any atom is 0.269 e. The van der Waals surface area contributed by atoms with Crippen LogP contribution in [0.25, 0.3) is 0 Å². The Kier molecular flexibility index (Phi) is 8.28. The molecule has 1 heterocycles. The third-order valence-corrected chi connectivity index (χ3v) is 4.35. The lowest BCUT2D eigenvalue weighted by molar-refractivity contribution is -0.384. The van der Waals surface area contributed by atoms with Gasteiger partial charge in [0.05, 0.1) is 11.0 Å². The number of nitro benzene ring substituents is 1. The summed E-state index contributed by atoms with van der Waals surface area (Å²) in [6.45, 7) is 0.155. The Hall–Kier alpha value is -3.01. The molecule has 0 aliphatic carbocycles. The summed E-state index contributed by atoms with van der Waals surface area (Å²) < 4.78 is 21.0. The molecule has 0 aliphatic heterocycles. The molecular weight excluding hydrogens is 415 g/mol. The first-order valence-electron chi connectivity index (χ1n) is 8.95. The first-order valence-corrected chi connectivity index (χ1v) is 8.95.